The molecule has 3 aromatic rings. The normalized spacial score (nSPS) is 11.5. The molecule has 0 radical (unpaired) electrons. The predicted molar refractivity (Wildman–Crippen MR) is 119 cm³/mol. The van der Waals surface area contributed by atoms with E-state index in [-0.39, 0.29) is 11.3 Å². The van der Waals surface area contributed by atoms with Crippen molar-refractivity contribution >= 4 is 17.8 Å². The van der Waals surface area contributed by atoms with E-state index in [1.54, 1.807) is 31.0 Å². The van der Waals surface area contributed by atoms with Crippen LogP contribution in [-0.2, 0) is 10.2 Å². The largest absolute Gasteiger partial charge is 0.497 e. The summed E-state index contributed by atoms with van der Waals surface area (Å²) >= 11 is 0. The number of anilines is 1. The molecule has 0 spiro atoms. The second-order valence-corrected chi connectivity index (χ2v) is 7.84. The molecule has 6 nitrogen and oxygen atoms in total. The lowest BCUT2D eigenvalue weighted by Crippen LogP contribution is -2.13. The molecule has 0 aliphatic carbocycles. The van der Waals surface area contributed by atoms with Gasteiger partial charge in [0.05, 0.1) is 25.6 Å². The summed E-state index contributed by atoms with van der Waals surface area (Å²) in [5.41, 5.74) is 2.37. The summed E-state index contributed by atoms with van der Waals surface area (Å²) in [6.07, 6.45) is 3.17. The highest BCUT2D eigenvalue weighted by Crippen LogP contribution is 2.27. The molecule has 0 atom stereocenters. The fourth-order valence-corrected chi connectivity index (χ4v) is 2.91. The standard InChI is InChI=1S/C24H27N3O3/c1-24(2,3)21-16-22(27(26-21)18-9-7-6-8-10-18)25-23(28)14-11-17-15-19(29-4)12-13-20(17)30-5/h6-16H,1-5H3,(H,25,28)/b14-11+. The molecular formula is C24H27N3O3. The zero-order chi connectivity index (χ0) is 21.7. The van der Waals surface area contributed by atoms with Gasteiger partial charge in [0.2, 0.25) is 5.91 Å². The van der Waals surface area contributed by atoms with Gasteiger partial charge in [-0.05, 0) is 36.4 Å². The minimum atomic E-state index is -0.266. The number of carbonyl (C=O) groups excluding carboxylic acids is 1. The molecule has 0 aliphatic heterocycles. The van der Waals surface area contributed by atoms with Gasteiger partial charge in [-0.2, -0.15) is 5.10 Å². The van der Waals surface area contributed by atoms with E-state index in [2.05, 4.69) is 26.1 Å². The Bertz CT molecular complexity index is 1050. The van der Waals surface area contributed by atoms with Crippen molar-refractivity contribution in [2.75, 3.05) is 19.5 Å². The van der Waals surface area contributed by atoms with Crippen LogP contribution in [0.1, 0.15) is 32.0 Å². The van der Waals surface area contributed by atoms with Crippen LogP contribution in [0.5, 0.6) is 11.5 Å². The minimum absolute atomic E-state index is 0.149. The van der Waals surface area contributed by atoms with Gasteiger partial charge in [0.1, 0.15) is 17.3 Å². The number of hydrogen-bond donors (Lipinski definition) is 1. The van der Waals surface area contributed by atoms with Crippen molar-refractivity contribution in [2.45, 2.75) is 26.2 Å². The number of nitrogens with one attached hydrogen (secondary N) is 1. The summed E-state index contributed by atoms with van der Waals surface area (Å²) in [5, 5.41) is 7.65. The van der Waals surface area contributed by atoms with Gasteiger partial charge < -0.3 is 14.8 Å². The predicted octanol–water partition coefficient (Wildman–Crippen LogP) is 4.84. The van der Waals surface area contributed by atoms with Crippen molar-refractivity contribution in [1.29, 1.82) is 0 Å². The fourth-order valence-electron chi connectivity index (χ4n) is 2.91. The number of carbonyl (C=O) groups is 1. The van der Waals surface area contributed by atoms with Gasteiger partial charge in [0, 0.05) is 23.1 Å². The Morgan fingerprint density at radius 3 is 2.40 bits per heavy atom. The van der Waals surface area contributed by atoms with Crippen molar-refractivity contribution < 1.29 is 14.3 Å². The number of rotatable bonds is 6. The Hall–Kier alpha value is -3.54. The summed E-state index contributed by atoms with van der Waals surface area (Å²) in [7, 11) is 3.19. The third-order valence-electron chi connectivity index (χ3n) is 4.58. The zero-order valence-electron chi connectivity index (χ0n) is 18.0. The first-order chi connectivity index (χ1) is 14.3. The third-order valence-corrected chi connectivity index (χ3v) is 4.58. The Morgan fingerprint density at radius 1 is 1.03 bits per heavy atom. The van der Waals surface area contributed by atoms with Crippen molar-refractivity contribution in [1.82, 2.24) is 9.78 Å². The number of hydrogen-bond acceptors (Lipinski definition) is 4. The fraction of sp³-hybridized carbons (Fsp3) is 0.250. The molecule has 1 heterocycles. The second-order valence-electron chi connectivity index (χ2n) is 7.84. The van der Waals surface area contributed by atoms with Gasteiger partial charge in [-0.1, -0.05) is 39.0 Å². The molecule has 6 heteroatoms. The van der Waals surface area contributed by atoms with Crippen LogP contribution < -0.4 is 14.8 Å². The van der Waals surface area contributed by atoms with Crippen LogP contribution in [0.4, 0.5) is 5.82 Å². The van der Waals surface area contributed by atoms with E-state index in [0.29, 0.717) is 17.3 Å². The summed E-state index contributed by atoms with van der Waals surface area (Å²) in [6.45, 7) is 6.27. The molecule has 156 valence electrons. The molecule has 1 amide bonds. The average molecular weight is 405 g/mol. The molecule has 0 aliphatic rings. The number of methoxy groups -OCH3 is 2. The van der Waals surface area contributed by atoms with E-state index in [0.717, 1.165) is 16.9 Å². The summed E-state index contributed by atoms with van der Waals surface area (Å²) in [4.78, 5) is 12.7. The molecule has 30 heavy (non-hydrogen) atoms. The quantitative estimate of drug-likeness (QED) is 0.596. The van der Waals surface area contributed by atoms with E-state index >= 15 is 0 Å². The minimum Gasteiger partial charge on any atom is -0.497 e. The molecule has 3 rings (SSSR count). The van der Waals surface area contributed by atoms with Crippen molar-refractivity contribution in [3.8, 4) is 17.2 Å². The number of nitrogens with zero attached hydrogens (tertiary/aromatic N) is 2. The first-order valence-electron chi connectivity index (χ1n) is 9.69. The highest BCUT2D eigenvalue weighted by Gasteiger charge is 2.21. The molecule has 0 saturated carbocycles. The maximum Gasteiger partial charge on any atom is 0.249 e. The first-order valence-corrected chi connectivity index (χ1v) is 9.69. The Labute approximate surface area is 177 Å². The highest BCUT2D eigenvalue weighted by molar-refractivity contribution is 6.01. The number of benzene rings is 2. The summed E-state index contributed by atoms with van der Waals surface area (Å²) < 4.78 is 12.4. The highest BCUT2D eigenvalue weighted by atomic mass is 16.5. The topological polar surface area (TPSA) is 65.4 Å². The van der Waals surface area contributed by atoms with E-state index in [1.807, 2.05) is 48.5 Å². The number of amides is 1. The SMILES string of the molecule is COc1ccc(OC)c(/C=C/C(=O)Nc2cc(C(C)(C)C)nn2-c2ccccc2)c1. The first kappa shape index (κ1) is 21.2. The third kappa shape index (κ3) is 4.89. The number of ether oxygens (including phenoxy) is 2. The molecule has 0 unspecified atom stereocenters. The average Bonchev–Trinajstić information content (AvgIpc) is 3.17. The van der Waals surface area contributed by atoms with Gasteiger partial charge in [0.25, 0.3) is 0 Å². The van der Waals surface area contributed by atoms with E-state index in [1.165, 1.54) is 6.08 Å². The van der Waals surface area contributed by atoms with Crippen LogP contribution in [0, 0.1) is 0 Å². The van der Waals surface area contributed by atoms with Crippen LogP contribution in [0.3, 0.4) is 0 Å². The maximum absolute atomic E-state index is 12.7. The van der Waals surface area contributed by atoms with Gasteiger partial charge in [-0.15, -0.1) is 0 Å². The zero-order valence-corrected chi connectivity index (χ0v) is 18.0. The van der Waals surface area contributed by atoms with Crippen LogP contribution in [0.25, 0.3) is 11.8 Å². The van der Waals surface area contributed by atoms with Crippen molar-refractivity contribution in [2.24, 2.45) is 0 Å². The monoisotopic (exact) mass is 405 g/mol. The molecule has 1 aromatic heterocycles. The van der Waals surface area contributed by atoms with E-state index in [9.17, 15) is 4.79 Å². The van der Waals surface area contributed by atoms with Crippen LogP contribution >= 0.6 is 0 Å². The van der Waals surface area contributed by atoms with E-state index < -0.39 is 0 Å². The molecule has 0 fully saturated rings. The number of para-hydroxylation sites is 1. The molecule has 0 bridgehead atoms. The lowest BCUT2D eigenvalue weighted by atomic mass is 9.92. The van der Waals surface area contributed by atoms with Crippen molar-refractivity contribution in [3.63, 3.8) is 0 Å². The molecule has 1 N–H and O–H groups in total. The van der Waals surface area contributed by atoms with E-state index in [4.69, 9.17) is 14.6 Å². The Kier molecular flexibility index (Phi) is 6.26. The van der Waals surface area contributed by atoms with Crippen molar-refractivity contribution in [3.05, 3.63) is 71.9 Å². The van der Waals surface area contributed by atoms with Crippen LogP contribution in [0.15, 0.2) is 60.7 Å². The lowest BCUT2D eigenvalue weighted by Gasteiger charge is -2.14. The Balaban J connectivity index is 1.88. The van der Waals surface area contributed by atoms with Gasteiger partial charge in [0.15, 0.2) is 0 Å². The Morgan fingerprint density at radius 2 is 1.77 bits per heavy atom. The molecule has 0 saturated heterocycles. The smallest absolute Gasteiger partial charge is 0.249 e. The summed E-state index contributed by atoms with van der Waals surface area (Å²) in [6, 6.07) is 17.1. The molecular weight excluding hydrogens is 378 g/mol. The maximum atomic E-state index is 12.7. The van der Waals surface area contributed by atoms with Gasteiger partial charge in [-0.25, -0.2) is 4.68 Å². The second kappa shape index (κ2) is 8.86. The van der Waals surface area contributed by atoms with Crippen LogP contribution in [0.2, 0.25) is 0 Å². The lowest BCUT2D eigenvalue weighted by molar-refractivity contribution is -0.111. The van der Waals surface area contributed by atoms with Gasteiger partial charge in [-0.3, -0.25) is 4.79 Å². The number of aromatic nitrogens is 2. The van der Waals surface area contributed by atoms with Crippen LogP contribution in [-0.4, -0.2) is 29.9 Å². The van der Waals surface area contributed by atoms with Gasteiger partial charge >= 0.3 is 0 Å². The summed E-state index contributed by atoms with van der Waals surface area (Å²) in [5.74, 6) is 1.69. The molecule has 2 aromatic carbocycles.